The molecule has 1 N–H and O–H groups in total. The zero-order valence-electron chi connectivity index (χ0n) is 21.1. The smallest absolute Gasteiger partial charge is 0.408 e. The van der Waals surface area contributed by atoms with E-state index in [1.165, 1.54) is 23.8 Å². The average molecular weight is 497 g/mol. The highest BCUT2D eigenvalue weighted by atomic mass is 16.6. The van der Waals surface area contributed by atoms with Gasteiger partial charge in [0, 0.05) is 24.5 Å². The van der Waals surface area contributed by atoms with Crippen molar-refractivity contribution < 1.29 is 19.1 Å². The minimum atomic E-state index is -1.07. The molecular weight excluding hydrogens is 464 g/mol. The Bertz CT molecular complexity index is 1250. The van der Waals surface area contributed by atoms with Crippen molar-refractivity contribution in [1.82, 2.24) is 10.2 Å². The molecule has 0 spiro atoms. The zero-order valence-corrected chi connectivity index (χ0v) is 21.1. The van der Waals surface area contributed by atoms with Gasteiger partial charge in [0.1, 0.15) is 12.1 Å². The fourth-order valence-electron chi connectivity index (χ4n) is 6.74. The van der Waals surface area contributed by atoms with Gasteiger partial charge in [-0.25, -0.2) is 9.59 Å². The summed E-state index contributed by atoms with van der Waals surface area (Å²) >= 11 is 0. The van der Waals surface area contributed by atoms with Crippen LogP contribution in [0.2, 0.25) is 0 Å². The Morgan fingerprint density at radius 2 is 1.43 bits per heavy atom. The molecule has 0 saturated carbocycles. The summed E-state index contributed by atoms with van der Waals surface area (Å²) in [5.41, 5.74) is 4.87. The quantitative estimate of drug-likeness (QED) is 0.472. The maximum atomic E-state index is 13.2. The molecule has 1 amide bonds. The lowest BCUT2D eigenvalue weighted by Crippen LogP contribution is -2.63. The van der Waals surface area contributed by atoms with Crippen LogP contribution < -0.4 is 5.32 Å². The number of hydrogen-bond donors (Lipinski definition) is 1. The summed E-state index contributed by atoms with van der Waals surface area (Å²) in [6.07, 6.45) is 2.48. The third-order valence-electron chi connectivity index (χ3n) is 8.41. The van der Waals surface area contributed by atoms with E-state index in [0.29, 0.717) is 12.8 Å². The standard InChI is InChI=1S/C31H32N2O4/c1-36-29(34)31(17-22-15-16-23(18-31)33(22)19-21-9-3-2-4-10-21)32-30(35)37-20-28-26-13-7-5-11-24(26)25-12-6-8-14-27(25)28/h2-14,22-23,28H,15-20H2,1H3,(H,32,35). The number of hydrogen-bond acceptors (Lipinski definition) is 5. The van der Waals surface area contributed by atoms with Crippen molar-refractivity contribution in [3.8, 4) is 11.1 Å². The van der Waals surface area contributed by atoms with Gasteiger partial charge in [0.15, 0.2) is 0 Å². The molecule has 190 valence electrons. The highest BCUT2D eigenvalue weighted by molar-refractivity contribution is 5.86. The molecule has 0 aromatic heterocycles. The topological polar surface area (TPSA) is 67.9 Å². The summed E-state index contributed by atoms with van der Waals surface area (Å²) in [5, 5.41) is 2.98. The second kappa shape index (κ2) is 9.67. The van der Waals surface area contributed by atoms with Gasteiger partial charge in [0.2, 0.25) is 0 Å². The van der Waals surface area contributed by atoms with Crippen molar-refractivity contribution in [2.24, 2.45) is 0 Å². The summed E-state index contributed by atoms with van der Waals surface area (Å²) in [5.74, 6) is -0.423. The lowest BCUT2D eigenvalue weighted by atomic mass is 9.82. The number of piperidine rings is 1. The first-order chi connectivity index (χ1) is 18.1. The van der Waals surface area contributed by atoms with Gasteiger partial charge in [0.05, 0.1) is 7.11 Å². The molecule has 2 heterocycles. The number of nitrogens with zero attached hydrogens (tertiary/aromatic N) is 1. The van der Waals surface area contributed by atoms with Gasteiger partial charge in [-0.3, -0.25) is 4.90 Å². The van der Waals surface area contributed by atoms with Crippen LogP contribution in [-0.4, -0.2) is 48.3 Å². The van der Waals surface area contributed by atoms with E-state index in [0.717, 1.165) is 30.5 Å². The third-order valence-corrected chi connectivity index (χ3v) is 8.41. The van der Waals surface area contributed by atoms with Crippen LogP contribution >= 0.6 is 0 Å². The maximum Gasteiger partial charge on any atom is 0.408 e. The number of rotatable bonds is 6. The number of esters is 1. The normalized spacial score (nSPS) is 24.2. The molecule has 2 bridgehead atoms. The number of amides is 1. The lowest BCUT2D eigenvalue weighted by Gasteiger charge is -2.44. The molecule has 6 heteroatoms. The van der Waals surface area contributed by atoms with E-state index in [1.54, 1.807) is 0 Å². The van der Waals surface area contributed by atoms with E-state index in [1.807, 2.05) is 30.3 Å². The van der Waals surface area contributed by atoms with Gasteiger partial charge < -0.3 is 14.8 Å². The number of benzene rings is 3. The largest absolute Gasteiger partial charge is 0.467 e. The summed E-state index contributed by atoms with van der Waals surface area (Å²) in [4.78, 5) is 28.7. The van der Waals surface area contributed by atoms with Gasteiger partial charge >= 0.3 is 12.1 Å². The fraction of sp³-hybridized carbons (Fsp3) is 0.355. The van der Waals surface area contributed by atoms with E-state index in [4.69, 9.17) is 9.47 Å². The number of nitrogens with one attached hydrogen (secondary N) is 1. The Labute approximate surface area is 217 Å². The van der Waals surface area contributed by atoms with Crippen LogP contribution in [0.1, 0.15) is 48.3 Å². The molecule has 0 radical (unpaired) electrons. The minimum absolute atomic E-state index is 0.0314. The summed E-state index contributed by atoms with van der Waals surface area (Å²) in [6.45, 7) is 1.06. The summed E-state index contributed by atoms with van der Waals surface area (Å²) < 4.78 is 11.0. The van der Waals surface area contributed by atoms with Crippen LogP contribution in [0.15, 0.2) is 78.9 Å². The SMILES string of the molecule is COC(=O)C1(NC(=O)OCC2c3ccccc3-c3ccccc32)CC2CCC(C1)N2Cc1ccccc1. The monoisotopic (exact) mass is 496 g/mol. The predicted octanol–water partition coefficient (Wildman–Crippen LogP) is 5.26. The van der Waals surface area contributed by atoms with Crippen LogP contribution in [0.3, 0.4) is 0 Å². The highest BCUT2D eigenvalue weighted by Crippen LogP contribution is 2.45. The molecule has 6 rings (SSSR count). The van der Waals surface area contributed by atoms with E-state index < -0.39 is 17.6 Å². The Morgan fingerprint density at radius 3 is 2.03 bits per heavy atom. The maximum absolute atomic E-state index is 13.2. The molecule has 2 aliphatic heterocycles. The van der Waals surface area contributed by atoms with Crippen molar-refractivity contribution in [3.63, 3.8) is 0 Å². The molecule has 2 atom stereocenters. The molecular formula is C31H32N2O4. The van der Waals surface area contributed by atoms with Crippen molar-refractivity contribution in [2.45, 2.75) is 55.8 Å². The first-order valence-electron chi connectivity index (χ1n) is 13.1. The van der Waals surface area contributed by atoms with Crippen LogP contribution in [0.25, 0.3) is 11.1 Å². The molecule has 1 aliphatic carbocycles. The van der Waals surface area contributed by atoms with Gasteiger partial charge in [-0.1, -0.05) is 78.9 Å². The Balaban J connectivity index is 1.16. The number of fused-ring (bicyclic) bond motifs is 5. The zero-order chi connectivity index (χ0) is 25.4. The molecule has 3 aromatic rings. The molecule has 3 aromatic carbocycles. The first-order valence-corrected chi connectivity index (χ1v) is 13.1. The van der Waals surface area contributed by atoms with Crippen LogP contribution in [-0.2, 0) is 20.8 Å². The van der Waals surface area contributed by atoms with Gasteiger partial charge in [-0.05, 0) is 53.5 Å². The molecule has 3 aliphatic rings. The number of carbonyl (C=O) groups excluding carboxylic acids is 2. The molecule has 2 fully saturated rings. The van der Waals surface area contributed by atoms with Crippen molar-refractivity contribution in [2.75, 3.05) is 13.7 Å². The molecule has 37 heavy (non-hydrogen) atoms. The van der Waals surface area contributed by atoms with Crippen LogP contribution in [0.4, 0.5) is 4.79 Å². The van der Waals surface area contributed by atoms with E-state index in [2.05, 4.69) is 58.7 Å². The summed E-state index contributed by atoms with van der Waals surface area (Å²) in [7, 11) is 1.39. The van der Waals surface area contributed by atoms with Crippen molar-refractivity contribution >= 4 is 12.1 Å². The molecule has 6 nitrogen and oxygen atoms in total. The van der Waals surface area contributed by atoms with E-state index in [9.17, 15) is 9.59 Å². The fourth-order valence-corrected chi connectivity index (χ4v) is 6.74. The van der Waals surface area contributed by atoms with Gasteiger partial charge in [0.25, 0.3) is 0 Å². The number of ether oxygens (including phenoxy) is 2. The van der Waals surface area contributed by atoms with Crippen LogP contribution in [0.5, 0.6) is 0 Å². The number of carbonyl (C=O) groups is 2. The number of methoxy groups -OCH3 is 1. The average Bonchev–Trinajstić information content (AvgIpc) is 3.37. The lowest BCUT2D eigenvalue weighted by molar-refractivity contribution is -0.152. The van der Waals surface area contributed by atoms with Crippen LogP contribution in [0, 0.1) is 0 Å². The molecule has 2 saturated heterocycles. The third kappa shape index (κ3) is 4.29. The Morgan fingerprint density at radius 1 is 0.865 bits per heavy atom. The first kappa shape index (κ1) is 23.7. The highest BCUT2D eigenvalue weighted by Gasteiger charge is 2.54. The second-order valence-electron chi connectivity index (χ2n) is 10.5. The van der Waals surface area contributed by atoms with Crippen molar-refractivity contribution in [3.05, 3.63) is 95.6 Å². The van der Waals surface area contributed by atoms with Gasteiger partial charge in [-0.15, -0.1) is 0 Å². The van der Waals surface area contributed by atoms with E-state index in [-0.39, 0.29) is 24.6 Å². The molecule has 2 unspecified atom stereocenters. The number of alkyl carbamates (subject to hydrolysis) is 1. The summed E-state index contributed by atoms with van der Waals surface area (Å²) in [6, 6.07) is 27.3. The predicted molar refractivity (Wildman–Crippen MR) is 141 cm³/mol. The van der Waals surface area contributed by atoms with Gasteiger partial charge in [-0.2, -0.15) is 0 Å². The van der Waals surface area contributed by atoms with Crippen molar-refractivity contribution in [1.29, 1.82) is 0 Å². The van der Waals surface area contributed by atoms with E-state index >= 15 is 0 Å². The second-order valence-corrected chi connectivity index (χ2v) is 10.5. The minimum Gasteiger partial charge on any atom is -0.467 e. The Hall–Kier alpha value is -3.64. The Kier molecular flexibility index (Phi) is 6.21.